The molecule has 2 heterocycles. The lowest BCUT2D eigenvalue weighted by atomic mass is 9.73. The van der Waals surface area contributed by atoms with E-state index in [-0.39, 0.29) is 11.4 Å². The van der Waals surface area contributed by atoms with E-state index in [0.29, 0.717) is 23.4 Å². The zero-order chi connectivity index (χ0) is 17.4. The van der Waals surface area contributed by atoms with Gasteiger partial charge in [0.05, 0.1) is 0 Å². The Hall–Kier alpha value is -1.75. The number of urea groups is 1. The van der Waals surface area contributed by atoms with Gasteiger partial charge in [-0.15, -0.1) is 0 Å². The minimum atomic E-state index is -0.0590. The molecule has 0 radical (unpaired) electrons. The van der Waals surface area contributed by atoms with Crippen molar-refractivity contribution >= 4 is 29.2 Å². The van der Waals surface area contributed by atoms with E-state index in [4.69, 9.17) is 11.6 Å². The van der Waals surface area contributed by atoms with Gasteiger partial charge in [0.25, 0.3) is 0 Å². The van der Waals surface area contributed by atoms with Crippen LogP contribution in [0.1, 0.15) is 38.5 Å². The van der Waals surface area contributed by atoms with E-state index in [1.807, 2.05) is 17.0 Å². The molecule has 1 aliphatic carbocycles. The number of halogens is 1. The van der Waals surface area contributed by atoms with Gasteiger partial charge in [0.1, 0.15) is 0 Å². The van der Waals surface area contributed by atoms with Gasteiger partial charge < -0.3 is 15.1 Å². The predicted molar refractivity (Wildman–Crippen MR) is 97.7 cm³/mol. The van der Waals surface area contributed by atoms with Crippen molar-refractivity contribution in [2.45, 2.75) is 44.6 Å². The molecule has 2 aliphatic heterocycles. The molecule has 1 saturated carbocycles. The van der Waals surface area contributed by atoms with Gasteiger partial charge in [-0.25, -0.2) is 4.79 Å². The van der Waals surface area contributed by atoms with Gasteiger partial charge >= 0.3 is 6.03 Å². The zero-order valence-electron chi connectivity index (χ0n) is 14.3. The summed E-state index contributed by atoms with van der Waals surface area (Å²) in [5.41, 5.74) is 0.832. The second-order valence-corrected chi connectivity index (χ2v) is 8.15. The highest BCUT2D eigenvalue weighted by molar-refractivity contribution is 6.30. The summed E-state index contributed by atoms with van der Waals surface area (Å²) in [7, 11) is 0. The highest BCUT2D eigenvalue weighted by atomic mass is 35.5. The number of nitrogens with zero attached hydrogens (tertiary/aromatic N) is 2. The second-order valence-electron chi connectivity index (χ2n) is 7.71. The second kappa shape index (κ2) is 6.52. The molecule has 2 saturated heterocycles. The Kier molecular flexibility index (Phi) is 4.36. The number of hydrogen-bond acceptors (Lipinski definition) is 2. The summed E-state index contributed by atoms with van der Waals surface area (Å²) in [6.07, 6.45) is 5.92. The Morgan fingerprint density at radius 1 is 1.16 bits per heavy atom. The standard InChI is InChI=1S/C19H24ClN3O2/c20-14-2-4-15(5-3-14)21-18(25)22-11-1-9-19(12-22)10-8-17(24)23(13-19)16-6-7-16/h2-5,16H,1,6-13H2,(H,21,25)/t19-/m1/s1. The van der Waals surface area contributed by atoms with Crippen LogP contribution < -0.4 is 5.32 Å². The van der Waals surface area contributed by atoms with Crippen LogP contribution in [0.15, 0.2) is 24.3 Å². The normalized spacial score (nSPS) is 26.8. The van der Waals surface area contributed by atoms with Crippen molar-refractivity contribution in [2.24, 2.45) is 5.41 Å². The van der Waals surface area contributed by atoms with Crippen LogP contribution in [-0.2, 0) is 4.79 Å². The number of carbonyl (C=O) groups excluding carboxylic acids is 2. The summed E-state index contributed by atoms with van der Waals surface area (Å²) in [5, 5.41) is 3.62. The Balaban J connectivity index is 1.42. The topological polar surface area (TPSA) is 52.7 Å². The Morgan fingerprint density at radius 2 is 1.92 bits per heavy atom. The maximum Gasteiger partial charge on any atom is 0.321 e. The van der Waals surface area contributed by atoms with Crippen LogP contribution in [0.4, 0.5) is 10.5 Å². The maximum atomic E-state index is 12.7. The highest BCUT2D eigenvalue weighted by Gasteiger charge is 2.46. The fraction of sp³-hybridized carbons (Fsp3) is 0.579. The summed E-state index contributed by atoms with van der Waals surface area (Å²) in [4.78, 5) is 28.9. The van der Waals surface area contributed by atoms with Crippen LogP contribution in [0.25, 0.3) is 0 Å². The van der Waals surface area contributed by atoms with Crippen molar-refractivity contribution in [2.75, 3.05) is 25.0 Å². The van der Waals surface area contributed by atoms with Crippen molar-refractivity contribution in [3.05, 3.63) is 29.3 Å². The number of piperidine rings is 2. The largest absolute Gasteiger partial charge is 0.339 e. The summed E-state index contributed by atoms with van der Waals surface area (Å²) in [6, 6.07) is 7.58. The molecule has 3 amide bonds. The molecule has 3 aliphatic rings. The fourth-order valence-corrected chi connectivity index (χ4v) is 4.34. The van der Waals surface area contributed by atoms with Crippen LogP contribution in [0.3, 0.4) is 0 Å². The molecule has 134 valence electrons. The lowest BCUT2D eigenvalue weighted by molar-refractivity contribution is -0.139. The molecule has 5 nitrogen and oxygen atoms in total. The number of anilines is 1. The number of hydrogen-bond donors (Lipinski definition) is 1. The van der Waals surface area contributed by atoms with E-state index in [1.165, 1.54) is 0 Å². The molecular weight excluding hydrogens is 338 g/mol. The van der Waals surface area contributed by atoms with Crippen molar-refractivity contribution in [1.29, 1.82) is 0 Å². The zero-order valence-corrected chi connectivity index (χ0v) is 15.1. The molecule has 0 aromatic heterocycles. The summed E-state index contributed by atoms with van der Waals surface area (Å²) >= 11 is 5.90. The highest BCUT2D eigenvalue weighted by Crippen LogP contribution is 2.42. The SMILES string of the molecule is O=C(Nc1ccc(Cl)cc1)N1CCC[C@@]2(CCC(=O)N(C3CC3)C2)C1. The molecule has 1 aromatic carbocycles. The van der Waals surface area contributed by atoms with E-state index in [2.05, 4.69) is 10.2 Å². The Labute approximate surface area is 153 Å². The molecule has 25 heavy (non-hydrogen) atoms. The smallest absolute Gasteiger partial charge is 0.321 e. The van der Waals surface area contributed by atoms with Crippen molar-refractivity contribution < 1.29 is 9.59 Å². The first-order chi connectivity index (χ1) is 12.0. The molecule has 3 fully saturated rings. The van der Waals surface area contributed by atoms with Gasteiger partial charge in [0.2, 0.25) is 5.91 Å². The number of likely N-dealkylation sites (tertiary alicyclic amines) is 2. The van der Waals surface area contributed by atoms with Crippen molar-refractivity contribution in [3.8, 4) is 0 Å². The van der Waals surface area contributed by atoms with Crippen LogP contribution in [0.5, 0.6) is 0 Å². The Morgan fingerprint density at radius 3 is 2.64 bits per heavy atom. The Bertz CT molecular complexity index is 674. The molecule has 1 atom stereocenters. The number of benzene rings is 1. The number of amides is 3. The van der Waals surface area contributed by atoms with Crippen LogP contribution >= 0.6 is 11.6 Å². The average molecular weight is 362 g/mol. The van der Waals surface area contributed by atoms with Gasteiger partial charge in [0, 0.05) is 48.2 Å². The lowest BCUT2D eigenvalue weighted by Gasteiger charge is -2.48. The number of rotatable bonds is 2. The van der Waals surface area contributed by atoms with Gasteiger partial charge in [-0.2, -0.15) is 0 Å². The summed E-state index contributed by atoms with van der Waals surface area (Å²) in [5.74, 6) is 0.302. The van der Waals surface area contributed by atoms with Gasteiger partial charge in [0.15, 0.2) is 0 Å². The van der Waals surface area contributed by atoms with Crippen LogP contribution in [-0.4, -0.2) is 47.4 Å². The van der Waals surface area contributed by atoms with E-state index in [0.717, 1.165) is 57.4 Å². The van der Waals surface area contributed by atoms with E-state index in [9.17, 15) is 9.59 Å². The van der Waals surface area contributed by atoms with Crippen molar-refractivity contribution in [3.63, 3.8) is 0 Å². The molecule has 0 unspecified atom stereocenters. The third-order valence-corrected chi connectivity index (χ3v) is 5.98. The van der Waals surface area contributed by atoms with Gasteiger partial charge in [-0.05, 0) is 56.4 Å². The molecule has 1 N–H and O–H groups in total. The minimum Gasteiger partial charge on any atom is -0.339 e. The quantitative estimate of drug-likeness (QED) is 0.872. The number of carbonyl (C=O) groups is 2. The lowest BCUT2D eigenvalue weighted by Crippen LogP contribution is -2.56. The maximum absolute atomic E-state index is 12.7. The monoisotopic (exact) mass is 361 g/mol. The fourth-order valence-electron chi connectivity index (χ4n) is 4.21. The molecule has 1 spiro atoms. The molecule has 1 aromatic rings. The molecule has 0 bridgehead atoms. The first kappa shape index (κ1) is 16.7. The van der Waals surface area contributed by atoms with Gasteiger partial charge in [-0.1, -0.05) is 11.6 Å². The summed E-state index contributed by atoms with van der Waals surface area (Å²) in [6.45, 7) is 2.34. The molecule has 4 rings (SSSR count). The van der Waals surface area contributed by atoms with E-state index in [1.54, 1.807) is 12.1 Å². The average Bonchev–Trinajstić information content (AvgIpc) is 3.44. The molecular formula is C19H24ClN3O2. The van der Waals surface area contributed by atoms with Crippen LogP contribution in [0, 0.1) is 5.41 Å². The summed E-state index contributed by atoms with van der Waals surface area (Å²) < 4.78 is 0. The third kappa shape index (κ3) is 3.61. The van der Waals surface area contributed by atoms with Gasteiger partial charge in [-0.3, -0.25) is 4.79 Å². The first-order valence-electron chi connectivity index (χ1n) is 9.16. The number of nitrogens with one attached hydrogen (secondary N) is 1. The third-order valence-electron chi connectivity index (χ3n) is 5.73. The van der Waals surface area contributed by atoms with Crippen molar-refractivity contribution in [1.82, 2.24) is 9.80 Å². The molecule has 6 heteroatoms. The minimum absolute atomic E-state index is 0.0590. The van der Waals surface area contributed by atoms with E-state index >= 15 is 0 Å². The van der Waals surface area contributed by atoms with E-state index < -0.39 is 0 Å². The van der Waals surface area contributed by atoms with Crippen LogP contribution in [0.2, 0.25) is 5.02 Å². The first-order valence-corrected chi connectivity index (χ1v) is 9.53. The predicted octanol–water partition coefficient (Wildman–Crippen LogP) is 3.74.